The highest BCUT2D eigenvalue weighted by Crippen LogP contribution is 2.31. The third-order valence-corrected chi connectivity index (χ3v) is 4.77. The van der Waals surface area contributed by atoms with Crippen LogP contribution in [0, 0.1) is 5.82 Å². The number of anilines is 2. The summed E-state index contributed by atoms with van der Waals surface area (Å²) in [6.45, 7) is 1.56. The standard InChI is InChI=1S/C19H23FN2O5/c1-25-18(23)14-11-27-12-22(17(14)19(24)26-2)13-6-7-16(15(20)10-13)21-8-4-3-5-9-21/h6-7,10H,3-5,8-9,11-12H2,1-2H3. The quantitative estimate of drug-likeness (QED) is 0.744. The first-order valence-corrected chi connectivity index (χ1v) is 8.86. The predicted octanol–water partition coefficient (Wildman–Crippen LogP) is 2.21. The molecule has 1 aromatic carbocycles. The van der Waals surface area contributed by atoms with Gasteiger partial charge in [-0.25, -0.2) is 14.0 Å². The zero-order chi connectivity index (χ0) is 19.4. The molecule has 1 fully saturated rings. The van der Waals surface area contributed by atoms with E-state index >= 15 is 0 Å². The molecule has 2 aliphatic heterocycles. The molecule has 0 N–H and O–H groups in total. The van der Waals surface area contributed by atoms with Gasteiger partial charge in [-0.2, -0.15) is 0 Å². The highest BCUT2D eigenvalue weighted by Gasteiger charge is 2.32. The number of piperidine rings is 1. The normalized spacial score (nSPS) is 17.7. The molecule has 3 rings (SSSR count). The fourth-order valence-corrected chi connectivity index (χ4v) is 3.40. The molecule has 0 radical (unpaired) electrons. The van der Waals surface area contributed by atoms with Crippen molar-refractivity contribution in [2.24, 2.45) is 0 Å². The van der Waals surface area contributed by atoms with Crippen LogP contribution in [-0.2, 0) is 23.8 Å². The summed E-state index contributed by atoms with van der Waals surface area (Å²) < 4.78 is 29.7. The van der Waals surface area contributed by atoms with E-state index in [0.29, 0.717) is 11.4 Å². The minimum absolute atomic E-state index is 0.000669. The van der Waals surface area contributed by atoms with Crippen LogP contribution in [0.4, 0.5) is 15.8 Å². The van der Waals surface area contributed by atoms with Crippen molar-refractivity contribution in [1.82, 2.24) is 0 Å². The molecule has 0 unspecified atom stereocenters. The van der Waals surface area contributed by atoms with Crippen LogP contribution in [0.2, 0.25) is 0 Å². The van der Waals surface area contributed by atoms with Crippen molar-refractivity contribution < 1.29 is 28.2 Å². The summed E-state index contributed by atoms with van der Waals surface area (Å²) in [7, 11) is 2.44. The molecule has 0 spiro atoms. The van der Waals surface area contributed by atoms with Crippen molar-refractivity contribution in [2.45, 2.75) is 19.3 Å². The number of hydrogen-bond acceptors (Lipinski definition) is 7. The zero-order valence-corrected chi connectivity index (χ0v) is 15.5. The molecule has 0 aromatic heterocycles. The molecule has 27 heavy (non-hydrogen) atoms. The average Bonchev–Trinajstić information content (AvgIpc) is 2.72. The summed E-state index contributed by atoms with van der Waals surface area (Å²) in [5.41, 5.74) is 0.972. The molecular weight excluding hydrogens is 355 g/mol. The van der Waals surface area contributed by atoms with Gasteiger partial charge in [0.15, 0.2) is 0 Å². The first-order valence-electron chi connectivity index (χ1n) is 8.86. The topological polar surface area (TPSA) is 68.3 Å². The van der Waals surface area contributed by atoms with Crippen LogP contribution in [0.1, 0.15) is 19.3 Å². The monoisotopic (exact) mass is 378 g/mol. The minimum atomic E-state index is -0.709. The van der Waals surface area contributed by atoms with Crippen LogP contribution in [0.3, 0.4) is 0 Å². The average molecular weight is 378 g/mol. The van der Waals surface area contributed by atoms with Crippen molar-refractivity contribution in [3.8, 4) is 0 Å². The second kappa shape index (κ2) is 8.39. The molecule has 146 valence electrons. The summed E-state index contributed by atoms with van der Waals surface area (Å²) in [6.07, 6.45) is 3.24. The second-order valence-electron chi connectivity index (χ2n) is 6.40. The number of ether oxygens (including phenoxy) is 3. The van der Waals surface area contributed by atoms with Gasteiger partial charge in [0.05, 0.1) is 32.1 Å². The molecule has 0 atom stereocenters. The Bertz CT molecular complexity index is 758. The number of halogens is 1. The maximum atomic E-state index is 14.8. The van der Waals surface area contributed by atoms with Crippen LogP contribution >= 0.6 is 0 Å². The molecule has 0 bridgehead atoms. The minimum Gasteiger partial charge on any atom is -0.466 e. The van der Waals surface area contributed by atoms with Crippen LogP contribution in [-0.4, -0.2) is 52.6 Å². The molecule has 8 heteroatoms. The zero-order valence-electron chi connectivity index (χ0n) is 15.5. The van der Waals surface area contributed by atoms with Crippen molar-refractivity contribution in [3.05, 3.63) is 35.3 Å². The Hall–Kier alpha value is -2.61. The maximum Gasteiger partial charge on any atom is 0.355 e. The van der Waals surface area contributed by atoms with Gasteiger partial charge < -0.3 is 24.0 Å². The van der Waals surface area contributed by atoms with Gasteiger partial charge in [-0.15, -0.1) is 0 Å². The van der Waals surface area contributed by atoms with Crippen molar-refractivity contribution in [3.63, 3.8) is 0 Å². The van der Waals surface area contributed by atoms with Crippen LogP contribution < -0.4 is 9.80 Å². The summed E-state index contributed by atoms with van der Waals surface area (Å²) >= 11 is 0. The van der Waals surface area contributed by atoms with Crippen LogP contribution in [0.15, 0.2) is 29.5 Å². The van der Waals surface area contributed by atoms with Gasteiger partial charge in [0, 0.05) is 18.8 Å². The summed E-state index contributed by atoms with van der Waals surface area (Å²) in [5.74, 6) is -1.78. The Morgan fingerprint density at radius 2 is 1.78 bits per heavy atom. The van der Waals surface area contributed by atoms with Crippen molar-refractivity contribution >= 4 is 23.3 Å². The highest BCUT2D eigenvalue weighted by molar-refractivity contribution is 6.03. The number of methoxy groups -OCH3 is 2. The lowest BCUT2D eigenvalue weighted by Crippen LogP contribution is -2.39. The molecule has 7 nitrogen and oxygen atoms in total. The molecule has 0 saturated carbocycles. The van der Waals surface area contributed by atoms with Crippen molar-refractivity contribution in [1.29, 1.82) is 0 Å². The van der Waals surface area contributed by atoms with E-state index in [1.165, 1.54) is 25.2 Å². The molecule has 1 aromatic rings. The SMILES string of the molecule is COC(=O)C1=C(C(=O)OC)N(c2ccc(N3CCCCC3)c(F)c2)COC1. The Balaban J connectivity index is 1.97. The summed E-state index contributed by atoms with van der Waals surface area (Å²) in [4.78, 5) is 27.8. The lowest BCUT2D eigenvalue weighted by atomic mass is 10.1. The van der Waals surface area contributed by atoms with E-state index in [1.54, 1.807) is 12.1 Å². The first kappa shape index (κ1) is 19.2. The van der Waals surface area contributed by atoms with E-state index < -0.39 is 11.9 Å². The van der Waals surface area contributed by atoms with Gasteiger partial charge in [0.2, 0.25) is 0 Å². The van der Waals surface area contributed by atoms with E-state index in [2.05, 4.69) is 0 Å². The number of esters is 2. The fourth-order valence-electron chi connectivity index (χ4n) is 3.40. The van der Waals surface area contributed by atoms with Gasteiger partial charge >= 0.3 is 11.9 Å². The molecule has 2 heterocycles. The van der Waals surface area contributed by atoms with Gasteiger partial charge in [0.1, 0.15) is 18.2 Å². The van der Waals surface area contributed by atoms with Gasteiger partial charge in [-0.05, 0) is 37.5 Å². The molecule has 0 amide bonds. The van der Waals surface area contributed by atoms with Crippen LogP contribution in [0.5, 0.6) is 0 Å². The largest absolute Gasteiger partial charge is 0.466 e. The molecule has 0 aliphatic carbocycles. The number of carbonyl (C=O) groups is 2. The number of rotatable bonds is 4. The van der Waals surface area contributed by atoms with E-state index in [9.17, 15) is 14.0 Å². The molecular formula is C19H23FN2O5. The Morgan fingerprint density at radius 1 is 1.07 bits per heavy atom. The maximum absolute atomic E-state index is 14.8. The Morgan fingerprint density at radius 3 is 2.41 bits per heavy atom. The highest BCUT2D eigenvalue weighted by atomic mass is 19.1. The molecule has 2 aliphatic rings. The molecule has 1 saturated heterocycles. The van der Waals surface area contributed by atoms with Gasteiger partial charge in [-0.3, -0.25) is 0 Å². The number of benzene rings is 1. The van der Waals surface area contributed by atoms with Crippen molar-refractivity contribution in [2.75, 3.05) is 50.4 Å². The first-order chi connectivity index (χ1) is 13.1. The van der Waals surface area contributed by atoms with E-state index in [-0.39, 0.29) is 30.4 Å². The smallest absolute Gasteiger partial charge is 0.355 e. The lowest BCUT2D eigenvalue weighted by Gasteiger charge is -2.32. The number of carbonyl (C=O) groups excluding carboxylic acids is 2. The van der Waals surface area contributed by atoms with Crippen LogP contribution in [0.25, 0.3) is 0 Å². The Labute approximate surface area is 157 Å². The lowest BCUT2D eigenvalue weighted by molar-refractivity contribution is -0.140. The van der Waals surface area contributed by atoms with E-state index in [4.69, 9.17) is 14.2 Å². The number of hydrogen-bond donors (Lipinski definition) is 0. The second-order valence-corrected chi connectivity index (χ2v) is 6.40. The summed E-state index contributed by atoms with van der Waals surface area (Å²) in [6, 6.07) is 4.74. The third-order valence-electron chi connectivity index (χ3n) is 4.77. The van der Waals surface area contributed by atoms with Gasteiger partial charge in [0.25, 0.3) is 0 Å². The van der Waals surface area contributed by atoms with E-state index in [1.807, 2.05) is 4.90 Å². The summed E-state index contributed by atoms with van der Waals surface area (Å²) in [5, 5.41) is 0. The van der Waals surface area contributed by atoms with Gasteiger partial charge in [-0.1, -0.05) is 0 Å². The Kier molecular flexibility index (Phi) is 5.95. The van der Waals surface area contributed by atoms with E-state index in [0.717, 1.165) is 32.4 Å². The fraction of sp³-hybridized carbons (Fsp3) is 0.474. The predicted molar refractivity (Wildman–Crippen MR) is 96.8 cm³/mol. The number of nitrogens with zero attached hydrogens (tertiary/aromatic N) is 2. The third kappa shape index (κ3) is 3.90.